The summed E-state index contributed by atoms with van der Waals surface area (Å²) in [4.78, 5) is 53.8. The second-order valence-electron chi connectivity index (χ2n) is 9.89. The molecule has 9 nitrogen and oxygen atoms in total. The summed E-state index contributed by atoms with van der Waals surface area (Å²) in [6.07, 6.45) is 3.88. The lowest BCUT2D eigenvalue weighted by Crippen LogP contribution is -2.09. The Morgan fingerprint density at radius 1 is 0.761 bits per heavy atom. The zero-order valence-electron chi connectivity index (χ0n) is 24.5. The Morgan fingerprint density at radius 2 is 1.35 bits per heavy atom. The van der Waals surface area contributed by atoms with Crippen molar-refractivity contribution in [2.75, 3.05) is 5.43 Å². The fourth-order valence-electron chi connectivity index (χ4n) is 4.41. The van der Waals surface area contributed by atoms with Crippen LogP contribution in [0.25, 0.3) is 10.2 Å². The van der Waals surface area contributed by atoms with Crippen molar-refractivity contribution in [2.24, 2.45) is 5.10 Å². The molecule has 5 rings (SSSR count). The fourth-order valence-corrected chi connectivity index (χ4v) is 5.22. The molecule has 1 N–H and O–H groups in total. The molecule has 0 atom stereocenters. The van der Waals surface area contributed by atoms with E-state index in [-0.39, 0.29) is 24.4 Å². The summed E-state index contributed by atoms with van der Waals surface area (Å²) >= 11 is 1.46. The average molecular weight is 630 g/mol. The molecule has 0 spiro atoms. The first-order valence-electron chi connectivity index (χ1n) is 14.0. The first-order chi connectivity index (χ1) is 22.3. The second-order valence-corrected chi connectivity index (χ2v) is 10.9. The highest BCUT2D eigenvalue weighted by Gasteiger charge is 2.14. The molecule has 46 heavy (non-hydrogen) atoms. The molecule has 0 saturated heterocycles. The van der Waals surface area contributed by atoms with Gasteiger partial charge in [-0.05, 0) is 83.4 Å². The summed E-state index contributed by atoms with van der Waals surface area (Å²) in [5.41, 5.74) is 6.78. The lowest BCUT2D eigenvalue weighted by molar-refractivity contribution is -0.129. The number of anilines is 1. The van der Waals surface area contributed by atoms with Gasteiger partial charge in [0.1, 0.15) is 11.5 Å². The largest absolute Gasteiger partial charge is 0.423 e. The van der Waals surface area contributed by atoms with Gasteiger partial charge in [-0.25, -0.2) is 14.6 Å². The lowest BCUT2D eigenvalue weighted by Gasteiger charge is -2.10. The van der Waals surface area contributed by atoms with Gasteiger partial charge >= 0.3 is 11.9 Å². The Labute approximate surface area is 268 Å². The number of fused-ring (bicyclic) bond motifs is 1. The van der Waals surface area contributed by atoms with Gasteiger partial charge in [-0.3, -0.25) is 15.0 Å². The van der Waals surface area contributed by atoms with E-state index in [2.05, 4.69) is 28.7 Å². The van der Waals surface area contributed by atoms with Gasteiger partial charge in [0.15, 0.2) is 11.6 Å². The minimum atomic E-state index is -0.591. The third kappa shape index (κ3) is 8.13. The third-order valence-corrected chi connectivity index (χ3v) is 7.65. The van der Waals surface area contributed by atoms with E-state index in [1.165, 1.54) is 11.3 Å². The highest BCUT2D eigenvalue weighted by atomic mass is 32.1. The van der Waals surface area contributed by atoms with Gasteiger partial charge in [0, 0.05) is 36.1 Å². The van der Waals surface area contributed by atoms with Gasteiger partial charge in [0.2, 0.25) is 5.13 Å². The van der Waals surface area contributed by atoms with Crippen LogP contribution in [0, 0.1) is 0 Å². The Bertz CT molecular complexity index is 1940. The zero-order valence-corrected chi connectivity index (χ0v) is 25.3. The summed E-state index contributed by atoms with van der Waals surface area (Å²) in [5, 5.41) is 5.00. The Balaban J connectivity index is 1.35. The number of esters is 2. The quantitative estimate of drug-likeness (QED) is 0.0378. The van der Waals surface area contributed by atoms with Crippen LogP contribution >= 0.6 is 11.3 Å². The number of nitrogens with zero attached hydrogens (tertiary/aromatic N) is 2. The number of hydrogen-bond donors (Lipinski definition) is 1. The van der Waals surface area contributed by atoms with E-state index in [1.54, 1.807) is 66.9 Å². The van der Waals surface area contributed by atoms with Gasteiger partial charge in [-0.15, -0.1) is 0 Å². The molecule has 0 amide bonds. The molecule has 0 fully saturated rings. The highest BCUT2D eigenvalue weighted by molar-refractivity contribution is 7.22. The van der Waals surface area contributed by atoms with Crippen molar-refractivity contribution < 1.29 is 28.7 Å². The predicted octanol–water partition coefficient (Wildman–Crippen LogP) is 6.78. The van der Waals surface area contributed by atoms with E-state index < -0.39 is 11.9 Å². The normalized spacial score (nSPS) is 10.8. The number of carbonyl (C=O) groups is 4. The van der Waals surface area contributed by atoms with Gasteiger partial charge in [0.25, 0.3) is 0 Å². The van der Waals surface area contributed by atoms with E-state index in [0.717, 1.165) is 27.9 Å². The number of rotatable bonds is 13. The van der Waals surface area contributed by atoms with Gasteiger partial charge in [-0.1, -0.05) is 48.8 Å². The topological polar surface area (TPSA) is 124 Å². The fraction of sp³-hybridized carbons (Fsp3) is 0.0556. The van der Waals surface area contributed by atoms with Crippen LogP contribution in [0.15, 0.2) is 121 Å². The molecule has 0 aliphatic rings. The molecule has 228 valence electrons. The molecule has 0 unspecified atom stereocenters. The van der Waals surface area contributed by atoms with Crippen LogP contribution in [0.1, 0.15) is 37.4 Å². The Hall–Kier alpha value is -6.00. The van der Waals surface area contributed by atoms with Crippen LogP contribution in [0.4, 0.5) is 5.13 Å². The summed E-state index contributed by atoms with van der Waals surface area (Å²) in [5.74, 6) is -0.865. The number of hydrogen-bond acceptors (Lipinski definition) is 10. The van der Waals surface area contributed by atoms with Crippen LogP contribution < -0.4 is 14.9 Å². The molecule has 4 aromatic carbocycles. The molecule has 1 heterocycles. The molecule has 0 aliphatic heterocycles. The molecule has 0 bridgehead atoms. The van der Waals surface area contributed by atoms with Crippen LogP contribution in [0.5, 0.6) is 11.5 Å². The molecule has 0 radical (unpaired) electrons. The van der Waals surface area contributed by atoms with Crippen molar-refractivity contribution in [3.05, 3.63) is 144 Å². The summed E-state index contributed by atoms with van der Waals surface area (Å²) in [6.45, 7) is 6.74. The van der Waals surface area contributed by atoms with Crippen molar-refractivity contribution in [3.63, 3.8) is 0 Å². The molecule has 5 aromatic rings. The third-order valence-electron chi connectivity index (χ3n) is 6.71. The Kier molecular flexibility index (Phi) is 10.0. The number of hydrazone groups is 1. The van der Waals surface area contributed by atoms with E-state index in [0.29, 0.717) is 38.9 Å². The number of ether oxygens (including phenoxy) is 2. The van der Waals surface area contributed by atoms with Crippen LogP contribution in [0.2, 0.25) is 0 Å². The maximum atomic E-state index is 13.2. The van der Waals surface area contributed by atoms with Gasteiger partial charge in [-0.2, -0.15) is 5.10 Å². The number of aromatic nitrogens is 1. The highest BCUT2D eigenvalue weighted by Crippen LogP contribution is 2.25. The smallest absolute Gasteiger partial charge is 0.335 e. The SMILES string of the molecule is C=CC(=O)Oc1ccc(C(=O)Cc2ccc(CC(=O)c3ccc(OC(=O)C=C)cc3)c(/C=N/Nc3nc4ccccc4s3)c2)cc1. The zero-order chi connectivity index (χ0) is 32.5. The summed E-state index contributed by atoms with van der Waals surface area (Å²) < 4.78 is 11.2. The maximum Gasteiger partial charge on any atom is 0.335 e. The monoisotopic (exact) mass is 629 g/mol. The first kappa shape index (κ1) is 31.4. The lowest BCUT2D eigenvalue weighted by atomic mass is 9.95. The van der Waals surface area contributed by atoms with Crippen LogP contribution in [-0.4, -0.2) is 34.7 Å². The number of para-hydroxylation sites is 1. The van der Waals surface area contributed by atoms with Crippen molar-refractivity contribution in [1.29, 1.82) is 0 Å². The Morgan fingerprint density at radius 3 is 1.93 bits per heavy atom. The van der Waals surface area contributed by atoms with Crippen molar-refractivity contribution in [1.82, 2.24) is 4.98 Å². The number of thiazole rings is 1. The van der Waals surface area contributed by atoms with E-state index >= 15 is 0 Å². The molecular formula is C36H27N3O6S. The van der Waals surface area contributed by atoms with E-state index in [4.69, 9.17) is 9.47 Å². The average Bonchev–Trinajstić information content (AvgIpc) is 3.49. The van der Waals surface area contributed by atoms with Crippen molar-refractivity contribution in [3.8, 4) is 11.5 Å². The number of carbonyl (C=O) groups excluding carboxylic acids is 4. The van der Waals surface area contributed by atoms with Crippen LogP contribution in [0.3, 0.4) is 0 Å². The second kappa shape index (κ2) is 14.7. The minimum absolute atomic E-state index is 0.0629. The number of benzene rings is 4. The maximum absolute atomic E-state index is 13.2. The molecule has 0 saturated carbocycles. The minimum Gasteiger partial charge on any atom is -0.423 e. The summed E-state index contributed by atoms with van der Waals surface area (Å²) in [7, 11) is 0. The number of nitrogens with one attached hydrogen (secondary N) is 1. The standard InChI is InChI=1S/C36H27N3O6S/c1-3-34(42)44-28-15-11-24(12-16-28)31(40)20-23-9-10-26(21-32(41)25-13-17-29(18-14-25)45-35(43)4-2)27(19-23)22-37-39-36-38-30-7-5-6-8-33(30)46-36/h3-19,22H,1-2,20-21H2,(H,38,39)/b37-22+. The van der Waals surface area contributed by atoms with Gasteiger partial charge < -0.3 is 9.47 Å². The molecule has 0 aliphatic carbocycles. The molecular weight excluding hydrogens is 602 g/mol. The molecule has 1 aromatic heterocycles. The number of Topliss-reactive ketones (excluding diaryl/α,β-unsaturated/α-hetero) is 2. The first-order valence-corrected chi connectivity index (χ1v) is 14.8. The van der Waals surface area contributed by atoms with Gasteiger partial charge in [0.05, 0.1) is 16.4 Å². The summed E-state index contributed by atoms with van der Waals surface area (Å²) in [6, 6.07) is 25.7. The van der Waals surface area contributed by atoms with E-state index in [1.807, 2.05) is 30.3 Å². The van der Waals surface area contributed by atoms with Crippen molar-refractivity contribution >= 4 is 56.4 Å². The van der Waals surface area contributed by atoms with Crippen LogP contribution in [-0.2, 0) is 22.4 Å². The predicted molar refractivity (Wildman–Crippen MR) is 178 cm³/mol. The number of ketones is 2. The van der Waals surface area contributed by atoms with E-state index in [9.17, 15) is 19.2 Å². The van der Waals surface area contributed by atoms with Crippen molar-refractivity contribution in [2.45, 2.75) is 12.8 Å². The molecule has 10 heteroatoms.